The number of carbonyl (C=O) groups excluding carboxylic acids is 1. The van der Waals surface area contributed by atoms with Crippen LogP contribution in [0.1, 0.15) is 93.8 Å². The number of benzene rings is 1. The molecule has 1 N–H and O–H groups in total. The molecule has 7 nitrogen and oxygen atoms in total. The topological polar surface area (TPSA) is 92.8 Å². The Morgan fingerprint density at radius 2 is 1.89 bits per heavy atom. The molecule has 202 valence electrons. The Kier molecular flexibility index (Phi) is 9.16. The first-order valence-electron chi connectivity index (χ1n) is 13.4. The molecule has 0 aliphatic heterocycles. The number of thiophene rings is 1. The zero-order valence-corrected chi connectivity index (χ0v) is 24.6. The van der Waals surface area contributed by atoms with Crippen LogP contribution in [0.4, 0.5) is 5.00 Å². The summed E-state index contributed by atoms with van der Waals surface area (Å²) in [5, 5.41) is 22.9. The van der Waals surface area contributed by atoms with Crippen LogP contribution in [0.15, 0.2) is 29.4 Å². The van der Waals surface area contributed by atoms with Gasteiger partial charge in [-0.25, -0.2) is 0 Å². The van der Waals surface area contributed by atoms with Crippen molar-refractivity contribution in [2.75, 3.05) is 11.1 Å². The van der Waals surface area contributed by atoms with Gasteiger partial charge in [-0.15, -0.1) is 21.5 Å². The van der Waals surface area contributed by atoms with Crippen LogP contribution in [0.5, 0.6) is 5.75 Å². The zero-order valence-electron chi connectivity index (χ0n) is 23.0. The number of thioether (sulfide) groups is 1. The minimum atomic E-state index is -0.296. The molecule has 1 aromatic carbocycles. The summed E-state index contributed by atoms with van der Waals surface area (Å²) < 4.78 is 8.16. The molecule has 0 saturated carbocycles. The minimum Gasteiger partial charge on any atom is -0.483 e. The Balaban J connectivity index is 1.39. The molecule has 1 atom stereocenters. The first kappa shape index (κ1) is 28.2. The van der Waals surface area contributed by atoms with Crippen LogP contribution in [-0.2, 0) is 29.6 Å². The molecular formula is C29H37N5O2S2. The number of amides is 1. The van der Waals surface area contributed by atoms with Gasteiger partial charge in [0.05, 0.1) is 11.3 Å². The highest BCUT2D eigenvalue weighted by atomic mass is 32.2. The Bertz CT molecular complexity index is 1300. The van der Waals surface area contributed by atoms with Crippen molar-refractivity contribution in [3.8, 4) is 11.8 Å². The van der Waals surface area contributed by atoms with Gasteiger partial charge >= 0.3 is 0 Å². The van der Waals surface area contributed by atoms with Gasteiger partial charge in [0.1, 0.15) is 16.8 Å². The number of fused-ring (bicyclic) bond motifs is 1. The second kappa shape index (κ2) is 12.4. The second-order valence-corrected chi connectivity index (χ2v) is 12.7. The van der Waals surface area contributed by atoms with E-state index in [1.807, 2.05) is 30.5 Å². The summed E-state index contributed by atoms with van der Waals surface area (Å²) in [6.45, 7) is 11.2. The number of aromatic nitrogens is 3. The maximum Gasteiger partial charge on any atom is 0.235 e. The summed E-state index contributed by atoms with van der Waals surface area (Å²) in [5.74, 6) is 1.55. The monoisotopic (exact) mass is 551 g/mol. The molecule has 1 aliphatic rings. The molecule has 2 aromatic heterocycles. The Labute approximate surface area is 234 Å². The number of nitrogens with zero attached hydrogens (tertiary/aromatic N) is 4. The summed E-state index contributed by atoms with van der Waals surface area (Å²) >= 11 is 2.91. The van der Waals surface area contributed by atoms with Crippen molar-refractivity contribution in [2.45, 2.75) is 96.4 Å². The van der Waals surface area contributed by atoms with Crippen LogP contribution in [0, 0.1) is 11.3 Å². The van der Waals surface area contributed by atoms with Crippen LogP contribution in [0.25, 0.3) is 0 Å². The van der Waals surface area contributed by atoms with Gasteiger partial charge in [-0.3, -0.25) is 4.79 Å². The van der Waals surface area contributed by atoms with Gasteiger partial charge in [-0.1, -0.05) is 57.5 Å². The van der Waals surface area contributed by atoms with Crippen LogP contribution >= 0.6 is 23.1 Å². The fraction of sp³-hybridized carbons (Fsp3) is 0.517. The van der Waals surface area contributed by atoms with Gasteiger partial charge in [0, 0.05) is 11.4 Å². The summed E-state index contributed by atoms with van der Waals surface area (Å²) in [7, 11) is 0. The first-order chi connectivity index (χ1) is 18.2. The molecule has 2 heterocycles. The normalized spacial score (nSPS) is 14.6. The van der Waals surface area contributed by atoms with E-state index in [0.29, 0.717) is 22.3 Å². The van der Waals surface area contributed by atoms with E-state index in [1.54, 1.807) is 11.3 Å². The molecule has 9 heteroatoms. The Morgan fingerprint density at radius 3 is 2.55 bits per heavy atom. The van der Waals surface area contributed by atoms with Crippen molar-refractivity contribution < 1.29 is 9.53 Å². The summed E-state index contributed by atoms with van der Waals surface area (Å²) in [5.41, 5.74) is 3.12. The van der Waals surface area contributed by atoms with Crippen LogP contribution < -0.4 is 10.1 Å². The smallest absolute Gasteiger partial charge is 0.235 e. The van der Waals surface area contributed by atoms with Crippen molar-refractivity contribution in [2.24, 2.45) is 0 Å². The van der Waals surface area contributed by atoms with E-state index in [9.17, 15) is 10.1 Å². The van der Waals surface area contributed by atoms with Gasteiger partial charge in [0.15, 0.2) is 17.1 Å². The fourth-order valence-corrected chi connectivity index (χ4v) is 6.78. The van der Waals surface area contributed by atoms with E-state index in [4.69, 9.17) is 4.74 Å². The van der Waals surface area contributed by atoms with Gasteiger partial charge < -0.3 is 14.6 Å². The van der Waals surface area contributed by atoms with E-state index in [0.717, 1.165) is 42.8 Å². The number of hydrogen-bond acceptors (Lipinski definition) is 7. The number of ether oxygens (including phenoxy) is 1. The quantitative estimate of drug-likeness (QED) is 0.301. The van der Waals surface area contributed by atoms with Crippen molar-refractivity contribution in [1.29, 1.82) is 5.26 Å². The molecular weight excluding hydrogens is 514 g/mol. The highest BCUT2D eigenvalue weighted by molar-refractivity contribution is 7.99. The fourth-order valence-electron chi connectivity index (χ4n) is 4.71. The zero-order chi connectivity index (χ0) is 27.3. The predicted octanol–water partition coefficient (Wildman–Crippen LogP) is 7.06. The highest BCUT2D eigenvalue weighted by Gasteiger charge is 2.23. The van der Waals surface area contributed by atoms with Crippen LogP contribution in [0.3, 0.4) is 0 Å². The number of rotatable bonds is 8. The lowest BCUT2D eigenvalue weighted by atomic mass is 9.87. The number of nitrogens with one attached hydrogen (secondary N) is 1. The SMILES string of the molecule is CCn1c(SCC(=O)Nc2sc3c(c2C#N)CCCCCC3)nnc1C(C)Oc1ccc(C(C)(C)C)cc1. The van der Waals surface area contributed by atoms with E-state index in [-0.39, 0.29) is 23.2 Å². The standard InChI is InChI=1S/C29H37N5O2S2/c1-6-34-26(19(2)36-21-15-13-20(14-16-21)29(3,4)5)32-33-28(34)37-18-25(35)31-27-23(17-30)22-11-9-7-8-10-12-24(22)38-27/h13-16,19H,6-12,18H2,1-5H3,(H,31,35). The molecule has 0 fully saturated rings. The third kappa shape index (κ3) is 6.59. The van der Waals surface area contributed by atoms with Crippen molar-refractivity contribution in [3.63, 3.8) is 0 Å². The minimum absolute atomic E-state index is 0.0860. The highest BCUT2D eigenvalue weighted by Crippen LogP contribution is 2.37. The molecule has 3 aromatic rings. The summed E-state index contributed by atoms with van der Waals surface area (Å²) in [4.78, 5) is 14.1. The molecule has 1 aliphatic carbocycles. The Hall–Kier alpha value is -2.83. The molecule has 38 heavy (non-hydrogen) atoms. The lowest BCUT2D eigenvalue weighted by Gasteiger charge is -2.20. The van der Waals surface area contributed by atoms with Crippen molar-refractivity contribution in [1.82, 2.24) is 14.8 Å². The average Bonchev–Trinajstić information content (AvgIpc) is 3.42. The molecule has 0 radical (unpaired) electrons. The van der Waals surface area contributed by atoms with Gasteiger partial charge in [-0.05, 0) is 68.2 Å². The van der Waals surface area contributed by atoms with Crippen LogP contribution in [-0.4, -0.2) is 26.4 Å². The van der Waals surface area contributed by atoms with Crippen LogP contribution in [0.2, 0.25) is 0 Å². The largest absolute Gasteiger partial charge is 0.483 e. The molecule has 1 unspecified atom stereocenters. The van der Waals surface area contributed by atoms with Crippen molar-refractivity contribution in [3.05, 3.63) is 51.7 Å². The molecule has 0 saturated heterocycles. The van der Waals surface area contributed by atoms with E-state index in [1.165, 1.54) is 35.0 Å². The van der Waals surface area contributed by atoms with E-state index >= 15 is 0 Å². The predicted molar refractivity (Wildman–Crippen MR) is 154 cm³/mol. The average molecular weight is 552 g/mol. The molecule has 4 rings (SSSR count). The number of hydrogen-bond donors (Lipinski definition) is 1. The third-order valence-corrected chi connectivity index (χ3v) is 9.00. The maximum absolute atomic E-state index is 12.9. The van der Waals surface area contributed by atoms with E-state index in [2.05, 4.69) is 54.5 Å². The van der Waals surface area contributed by atoms with Gasteiger partial charge in [0.25, 0.3) is 0 Å². The molecule has 0 bridgehead atoms. The lowest BCUT2D eigenvalue weighted by molar-refractivity contribution is -0.113. The Morgan fingerprint density at radius 1 is 1.18 bits per heavy atom. The number of aryl methyl sites for hydroxylation is 1. The van der Waals surface area contributed by atoms with Gasteiger partial charge in [0.2, 0.25) is 5.91 Å². The van der Waals surface area contributed by atoms with E-state index < -0.39 is 0 Å². The first-order valence-corrected chi connectivity index (χ1v) is 15.2. The van der Waals surface area contributed by atoms with Crippen molar-refractivity contribution >= 4 is 34.0 Å². The number of anilines is 1. The maximum atomic E-state index is 12.9. The summed E-state index contributed by atoms with van der Waals surface area (Å²) in [6, 6.07) is 10.5. The van der Waals surface area contributed by atoms with Gasteiger partial charge in [-0.2, -0.15) is 5.26 Å². The lowest BCUT2D eigenvalue weighted by Crippen LogP contribution is -2.15. The molecule has 0 spiro atoms. The summed E-state index contributed by atoms with van der Waals surface area (Å²) in [6.07, 6.45) is 6.28. The second-order valence-electron chi connectivity index (χ2n) is 10.7. The number of carbonyl (C=O) groups is 1. The third-order valence-electron chi connectivity index (χ3n) is 6.83. The molecule has 1 amide bonds. The number of nitriles is 1.